The molecule has 0 bridgehead atoms. The molecule has 0 aliphatic rings. The molecule has 1 rings (SSSR count). The van der Waals surface area contributed by atoms with Gasteiger partial charge in [-0.05, 0) is 50.8 Å². The number of hydrogen-bond acceptors (Lipinski definition) is 2. The molecule has 0 saturated heterocycles. The minimum Gasteiger partial charge on any atom is -0.308 e. The van der Waals surface area contributed by atoms with Gasteiger partial charge in [-0.25, -0.2) is 0 Å². The van der Waals surface area contributed by atoms with E-state index in [4.69, 9.17) is 0 Å². The van der Waals surface area contributed by atoms with Crippen LogP contribution in [-0.4, -0.2) is 18.4 Å². The van der Waals surface area contributed by atoms with E-state index in [2.05, 4.69) is 58.1 Å². The van der Waals surface area contributed by atoms with Crippen molar-refractivity contribution in [2.75, 3.05) is 6.54 Å². The van der Waals surface area contributed by atoms with Crippen LogP contribution in [0.4, 0.5) is 0 Å². The highest BCUT2D eigenvalue weighted by Gasteiger charge is 2.07. The molecule has 128 valence electrons. The van der Waals surface area contributed by atoms with Crippen LogP contribution in [0.5, 0.6) is 0 Å². The number of carbonyl (C=O) groups excluding carboxylic acids is 1. The zero-order chi connectivity index (χ0) is 17.7. The Labute approximate surface area is 138 Å². The average Bonchev–Trinajstić information content (AvgIpc) is 2.52. The van der Waals surface area contributed by atoms with Gasteiger partial charge < -0.3 is 5.32 Å². The summed E-state index contributed by atoms with van der Waals surface area (Å²) < 4.78 is 0. The summed E-state index contributed by atoms with van der Waals surface area (Å²) in [5.41, 5.74) is 4.18. The first-order chi connectivity index (χ1) is 10.3. The van der Waals surface area contributed by atoms with Crippen molar-refractivity contribution in [1.82, 2.24) is 5.32 Å². The number of rotatable bonds is 5. The van der Waals surface area contributed by atoms with Gasteiger partial charge in [-0.1, -0.05) is 52.8 Å². The van der Waals surface area contributed by atoms with Gasteiger partial charge in [0.05, 0.1) is 6.54 Å². The topological polar surface area (TPSA) is 29.1 Å². The zero-order valence-electron chi connectivity index (χ0n) is 16.2. The van der Waals surface area contributed by atoms with Crippen molar-refractivity contribution in [3.63, 3.8) is 0 Å². The molecule has 22 heavy (non-hydrogen) atoms. The van der Waals surface area contributed by atoms with Crippen LogP contribution in [0, 0.1) is 26.7 Å². The predicted octanol–water partition coefficient (Wildman–Crippen LogP) is 5.24. The van der Waals surface area contributed by atoms with Gasteiger partial charge in [0.25, 0.3) is 0 Å². The molecule has 0 aliphatic heterocycles. The smallest absolute Gasteiger partial charge is 0.149 e. The summed E-state index contributed by atoms with van der Waals surface area (Å²) in [6.07, 6.45) is 1.07. The Balaban J connectivity index is 0. The van der Waals surface area contributed by atoms with Crippen LogP contribution in [0.1, 0.15) is 64.7 Å². The zero-order valence-corrected chi connectivity index (χ0v) is 16.2. The first kappa shape index (κ1) is 23.1. The fourth-order valence-corrected chi connectivity index (χ4v) is 1.52. The number of hydrogen-bond donors (Lipinski definition) is 1. The van der Waals surface area contributed by atoms with Crippen molar-refractivity contribution in [1.29, 1.82) is 0 Å². The van der Waals surface area contributed by atoms with Crippen molar-refractivity contribution >= 4 is 5.78 Å². The van der Waals surface area contributed by atoms with E-state index in [1.54, 1.807) is 0 Å². The molecule has 1 atom stereocenters. The van der Waals surface area contributed by atoms with E-state index in [0.29, 0.717) is 18.4 Å². The number of nitrogens with one attached hydrogen (secondary N) is 1. The fourth-order valence-electron chi connectivity index (χ4n) is 1.52. The molecule has 0 amide bonds. The fraction of sp³-hybridized carbons (Fsp3) is 0.650. The van der Waals surface area contributed by atoms with Crippen molar-refractivity contribution in [3.05, 3.63) is 34.9 Å². The molecule has 1 aromatic rings. The van der Waals surface area contributed by atoms with Crippen molar-refractivity contribution in [3.8, 4) is 0 Å². The van der Waals surface area contributed by atoms with Gasteiger partial charge in [0.2, 0.25) is 0 Å². The van der Waals surface area contributed by atoms with Gasteiger partial charge in [-0.3, -0.25) is 4.79 Å². The van der Waals surface area contributed by atoms with Crippen molar-refractivity contribution in [2.45, 2.75) is 74.8 Å². The molecule has 1 unspecified atom stereocenters. The van der Waals surface area contributed by atoms with E-state index in [1.165, 1.54) is 16.7 Å². The van der Waals surface area contributed by atoms with Gasteiger partial charge in [-0.2, -0.15) is 0 Å². The van der Waals surface area contributed by atoms with E-state index in [9.17, 15) is 4.79 Å². The van der Waals surface area contributed by atoms with E-state index in [-0.39, 0.29) is 5.92 Å². The minimum absolute atomic E-state index is 0.159. The lowest BCUT2D eigenvalue weighted by Gasteiger charge is -2.11. The van der Waals surface area contributed by atoms with Crippen LogP contribution >= 0.6 is 0 Å². The standard InChI is InChI=1S/C9H19NO.C9H12.C2H6/c1-5-8(4)10-6-9(11)7(2)3;1-7-5-4-6-8(2)9(7)3;1-2/h7-8,10H,5-6H2,1-4H3;4-6H,1-3H3;1-2H3. The molecule has 1 N–H and O–H groups in total. The molecule has 0 saturated carbocycles. The summed E-state index contributed by atoms with van der Waals surface area (Å²) in [6.45, 7) is 19.0. The summed E-state index contributed by atoms with van der Waals surface area (Å²) >= 11 is 0. The van der Waals surface area contributed by atoms with E-state index < -0.39 is 0 Å². The molecule has 1 aromatic carbocycles. The Bertz CT molecular complexity index is 390. The van der Waals surface area contributed by atoms with Gasteiger partial charge in [0.15, 0.2) is 0 Å². The molecule has 2 heteroatoms. The Morgan fingerprint density at radius 1 is 1.05 bits per heavy atom. The molecule has 0 aliphatic carbocycles. The third kappa shape index (κ3) is 10.6. The Kier molecular flexibility index (Phi) is 14.2. The summed E-state index contributed by atoms with van der Waals surface area (Å²) in [6, 6.07) is 6.83. The molecule has 0 fully saturated rings. The summed E-state index contributed by atoms with van der Waals surface area (Å²) in [5.74, 6) is 0.455. The average molecular weight is 308 g/mol. The predicted molar refractivity (Wildman–Crippen MR) is 99.6 cm³/mol. The van der Waals surface area contributed by atoms with Crippen LogP contribution in [0.3, 0.4) is 0 Å². The van der Waals surface area contributed by atoms with Gasteiger partial charge in [0, 0.05) is 12.0 Å². The summed E-state index contributed by atoms with van der Waals surface area (Å²) in [7, 11) is 0. The largest absolute Gasteiger partial charge is 0.308 e. The number of Topliss-reactive ketones (excluding diaryl/α,β-unsaturated/α-hetero) is 1. The van der Waals surface area contributed by atoms with Gasteiger partial charge in [-0.15, -0.1) is 0 Å². The van der Waals surface area contributed by atoms with Gasteiger partial charge in [0.1, 0.15) is 5.78 Å². The third-order valence-electron chi connectivity index (χ3n) is 3.76. The maximum absolute atomic E-state index is 11.1. The number of ketones is 1. The minimum atomic E-state index is 0.159. The second-order valence-electron chi connectivity index (χ2n) is 5.83. The first-order valence-electron chi connectivity index (χ1n) is 8.58. The Morgan fingerprint density at radius 2 is 1.50 bits per heavy atom. The second-order valence-corrected chi connectivity index (χ2v) is 5.83. The normalized spacial score (nSPS) is 11.0. The SMILES string of the molecule is CC.CCC(C)NCC(=O)C(C)C.Cc1cccc(C)c1C. The Hall–Kier alpha value is -1.15. The lowest BCUT2D eigenvalue weighted by molar-refractivity contribution is -0.121. The molecule has 0 aromatic heterocycles. The van der Waals surface area contributed by atoms with Crippen LogP contribution < -0.4 is 5.32 Å². The van der Waals surface area contributed by atoms with Crippen LogP contribution in [0.25, 0.3) is 0 Å². The van der Waals surface area contributed by atoms with Crippen LogP contribution in [0.2, 0.25) is 0 Å². The molecule has 0 radical (unpaired) electrons. The lowest BCUT2D eigenvalue weighted by Crippen LogP contribution is -2.32. The second kappa shape index (κ2) is 13.5. The molecular weight excluding hydrogens is 270 g/mol. The summed E-state index contributed by atoms with van der Waals surface area (Å²) in [4.78, 5) is 11.1. The number of carbonyl (C=O) groups is 1. The van der Waals surface area contributed by atoms with E-state index >= 15 is 0 Å². The maximum Gasteiger partial charge on any atom is 0.149 e. The lowest BCUT2D eigenvalue weighted by atomic mass is 10.1. The molecular formula is C20H37NO. The first-order valence-corrected chi connectivity index (χ1v) is 8.58. The van der Waals surface area contributed by atoms with Crippen molar-refractivity contribution < 1.29 is 4.79 Å². The molecule has 0 spiro atoms. The number of aryl methyl sites for hydroxylation is 2. The van der Waals surface area contributed by atoms with E-state index in [1.807, 2.05) is 27.7 Å². The monoisotopic (exact) mass is 307 g/mol. The molecule has 2 nitrogen and oxygen atoms in total. The van der Waals surface area contributed by atoms with Crippen molar-refractivity contribution in [2.24, 2.45) is 5.92 Å². The van der Waals surface area contributed by atoms with Crippen LogP contribution in [-0.2, 0) is 4.79 Å². The maximum atomic E-state index is 11.1. The third-order valence-corrected chi connectivity index (χ3v) is 3.76. The Morgan fingerprint density at radius 3 is 1.82 bits per heavy atom. The number of benzene rings is 1. The van der Waals surface area contributed by atoms with E-state index in [0.717, 1.165) is 6.42 Å². The van der Waals surface area contributed by atoms with Gasteiger partial charge >= 0.3 is 0 Å². The highest BCUT2D eigenvalue weighted by atomic mass is 16.1. The summed E-state index contributed by atoms with van der Waals surface area (Å²) in [5, 5.41) is 3.16. The quantitative estimate of drug-likeness (QED) is 0.806. The highest BCUT2D eigenvalue weighted by molar-refractivity contribution is 5.82. The molecule has 0 heterocycles. The highest BCUT2D eigenvalue weighted by Crippen LogP contribution is 2.09. The van der Waals surface area contributed by atoms with Crippen LogP contribution in [0.15, 0.2) is 18.2 Å².